The molecule has 26 heavy (non-hydrogen) atoms. The van der Waals surface area contributed by atoms with E-state index in [-0.39, 0.29) is 17.9 Å². The van der Waals surface area contributed by atoms with E-state index in [1.54, 1.807) is 51.3 Å². The van der Waals surface area contributed by atoms with Crippen molar-refractivity contribution in [1.29, 1.82) is 0 Å². The number of rotatable bonds is 8. The molecular formula is C18H22N4O4. The fourth-order valence-corrected chi connectivity index (χ4v) is 2.22. The number of anilines is 2. The maximum atomic E-state index is 12.6. The van der Waals surface area contributed by atoms with Gasteiger partial charge in [-0.05, 0) is 26.0 Å². The van der Waals surface area contributed by atoms with Crippen LogP contribution in [0.3, 0.4) is 0 Å². The van der Waals surface area contributed by atoms with Gasteiger partial charge in [0.25, 0.3) is 5.91 Å². The highest BCUT2D eigenvalue weighted by atomic mass is 16.5. The second-order valence-electron chi connectivity index (χ2n) is 5.33. The molecule has 1 heterocycles. The Morgan fingerprint density at radius 1 is 1.19 bits per heavy atom. The normalized spacial score (nSPS) is 10.3. The van der Waals surface area contributed by atoms with Crippen LogP contribution in [0.2, 0.25) is 0 Å². The first-order valence-corrected chi connectivity index (χ1v) is 8.21. The summed E-state index contributed by atoms with van der Waals surface area (Å²) in [5.41, 5.74) is 0.837. The van der Waals surface area contributed by atoms with Gasteiger partial charge in [-0.3, -0.25) is 4.79 Å². The molecule has 2 rings (SSSR count). The minimum atomic E-state index is -0.496. The number of hydrogen-bond acceptors (Lipinski definition) is 7. The molecule has 0 bridgehead atoms. The van der Waals surface area contributed by atoms with Crippen molar-refractivity contribution in [3.05, 3.63) is 47.4 Å². The summed E-state index contributed by atoms with van der Waals surface area (Å²) in [6.45, 7) is 4.74. The zero-order chi connectivity index (χ0) is 18.9. The summed E-state index contributed by atoms with van der Waals surface area (Å²) in [7, 11) is 1.60. The number of aromatic nitrogens is 2. The van der Waals surface area contributed by atoms with E-state index in [1.165, 1.54) is 0 Å². The van der Waals surface area contributed by atoms with Crippen LogP contribution in [-0.4, -0.2) is 48.7 Å². The first kappa shape index (κ1) is 19.3. The number of nitrogens with zero attached hydrogens (tertiary/aromatic N) is 2. The standard InChI is InChI=1S/C18H22N4O4/c1-4-26-18(24)13-7-5-6-8-14(13)22-17(23)15-11-16(19-9-10-25-3)21-12(2)20-15/h5-8,11H,4,9-10H2,1-3H3,(H,22,23)(H,19,20,21). The molecule has 2 N–H and O–H groups in total. The number of benzene rings is 1. The molecule has 2 aromatic rings. The summed E-state index contributed by atoms with van der Waals surface area (Å²) < 4.78 is 9.99. The van der Waals surface area contributed by atoms with Gasteiger partial charge < -0.3 is 20.1 Å². The third-order valence-corrected chi connectivity index (χ3v) is 3.35. The van der Waals surface area contributed by atoms with Crippen molar-refractivity contribution in [1.82, 2.24) is 9.97 Å². The van der Waals surface area contributed by atoms with Crippen molar-refractivity contribution >= 4 is 23.4 Å². The van der Waals surface area contributed by atoms with Crippen LogP contribution in [0, 0.1) is 6.92 Å². The molecule has 1 amide bonds. The van der Waals surface area contributed by atoms with E-state index in [0.717, 1.165) is 0 Å². The molecule has 0 saturated heterocycles. The number of esters is 1. The lowest BCUT2D eigenvalue weighted by Crippen LogP contribution is -2.18. The van der Waals surface area contributed by atoms with Gasteiger partial charge in [0.2, 0.25) is 0 Å². The molecule has 8 heteroatoms. The molecular weight excluding hydrogens is 336 g/mol. The fraction of sp³-hybridized carbons (Fsp3) is 0.333. The van der Waals surface area contributed by atoms with E-state index >= 15 is 0 Å². The van der Waals surface area contributed by atoms with Crippen LogP contribution in [0.5, 0.6) is 0 Å². The van der Waals surface area contributed by atoms with Crippen LogP contribution in [0.15, 0.2) is 30.3 Å². The van der Waals surface area contributed by atoms with Gasteiger partial charge in [0.05, 0.1) is 24.5 Å². The van der Waals surface area contributed by atoms with Gasteiger partial charge in [0, 0.05) is 19.7 Å². The first-order valence-electron chi connectivity index (χ1n) is 8.21. The topological polar surface area (TPSA) is 102 Å². The zero-order valence-corrected chi connectivity index (χ0v) is 15.0. The minimum absolute atomic E-state index is 0.191. The molecule has 1 aromatic carbocycles. The molecule has 0 aliphatic heterocycles. The summed E-state index contributed by atoms with van der Waals surface area (Å²) in [6.07, 6.45) is 0. The molecule has 0 unspecified atom stereocenters. The molecule has 0 atom stereocenters. The van der Waals surface area contributed by atoms with Crippen molar-refractivity contribution in [2.45, 2.75) is 13.8 Å². The molecule has 0 saturated carbocycles. The Morgan fingerprint density at radius 3 is 2.69 bits per heavy atom. The number of hydrogen-bond donors (Lipinski definition) is 2. The second-order valence-corrected chi connectivity index (χ2v) is 5.33. The lowest BCUT2D eigenvalue weighted by Gasteiger charge is -2.11. The number of aryl methyl sites for hydroxylation is 1. The van der Waals surface area contributed by atoms with Gasteiger partial charge in [-0.2, -0.15) is 0 Å². The van der Waals surface area contributed by atoms with Gasteiger partial charge in [0.1, 0.15) is 17.3 Å². The monoisotopic (exact) mass is 358 g/mol. The maximum absolute atomic E-state index is 12.6. The maximum Gasteiger partial charge on any atom is 0.340 e. The Morgan fingerprint density at radius 2 is 1.96 bits per heavy atom. The minimum Gasteiger partial charge on any atom is -0.462 e. The SMILES string of the molecule is CCOC(=O)c1ccccc1NC(=O)c1cc(NCCOC)nc(C)n1. The van der Waals surface area contributed by atoms with E-state index in [9.17, 15) is 9.59 Å². The Labute approximate surface area is 151 Å². The summed E-state index contributed by atoms with van der Waals surface area (Å²) in [5.74, 6) is 0.0425. The molecule has 0 radical (unpaired) electrons. The van der Waals surface area contributed by atoms with Crippen LogP contribution in [-0.2, 0) is 9.47 Å². The Hall–Kier alpha value is -3.00. The Kier molecular flexibility index (Phi) is 7.04. The molecule has 8 nitrogen and oxygen atoms in total. The van der Waals surface area contributed by atoms with Crippen LogP contribution in [0.1, 0.15) is 33.6 Å². The average molecular weight is 358 g/mol. The lowest BCUT2D eigenvalue weighted by molar-refractivity contribution is 0.0527. The van der Waals surface area contributed by atoms with E-state index in [1.807, 2.05) is 0 Å². The highest BCUT2D eigenvalue weighted by Crippen LogP contribution is 2.18. The van der Waals surface area contributed by atoms with Crippen molar-refractivity contribution in [2.75, 3.05) is 37.5 Å². The van der Waals surface area contributed by atoms with Crippen LogP contribution < -0.4 is 10.6 Å². The molecule has 138 valence electrons. The van der Waals surface area contributed by atoms with Crippen LogP contribution in [0.25, 0.3) is 0 Å². The number of carbonyl (C=O) groups is 2. The lowest BCUT2D eigenvalue weighted by atomic mass is 10.1. The molecule has 0 aliphatic carbocycles. The van der Waals surface area contributed by atoms with Crippen molar-refractivity contribution in [2.24, 2.45) is 0 Å². The summed E-state index contributed by atoms with van der Waals surface area (Å²) >= 11 is 0. The highest BCUT2D eigenvalue weighted by Gasteiger charge is 2.16. The summed E-state index contributed by atoms with van der Waals surface area (Å²) in [6, 6.07) is 8.20. The number of para-hydroxylation sites is 1. The summed E-state index contributed by atoms with van der Waals surface area (Å²) in [5, 5.41) is 5.77. The average Bonchev–Trinajstić information content (AvgIpc) is 2.62. The van der Waals surface area contributed by atoms with E-state index < -0.39 is 11.9 Å². The predicted octanol–water partition coefficient (Wildman–Crippen LogP) is 2.27. The van der Waals surface area contributed by atoms with Crippen LogP contribution in [0.4, 0.5) is 11.5 Å². The third-order valence-electron chi connectivity index (χ3n) is 3.35. The van der Waals surface area contributed by atoms with Crippen LogP contribution >= 0.6 is 0 Å². The number of methoxy groups -OCH3 is 1. The number of ether oxygens (including phenoxy) is 2. The van der Waals surface area contributed by atoms with Gasteiger partial charge in [-0.15, -0.1) is 0 Å². The van der Waals surface area contributed by atoms with Crippen molar-refractivity contribution in [3.8, 4) is 0 Å². The Bertz CT molecular complexity index is 780. The molecule has 1 aromatic heterocycles. The largest absolute Gasteiger partial charge is 0.462 e. The summed E-state index contributed by atoms with van der Waals surface area (Å²) in [4.78, 5) is 33.0. The van der Waals surface area contributed by atoms with E-state index in [2.05, 4.69) is 20.6 Å². The van der Waals surface area contributed by atoms with Gasteiger partial charge >= 0.3 is 5.97 Å². The Balaban J connectivity index is 2.19. The number of carbonyl (C=O) groups excluding carboxylic acids is 2. The first-order chi connectivity index (χ1) is 12.5. The predicted molar refractivity (Wildman–Crippen MR) is 97.5 cm³/mol. The molecule has 0 aliphatic rings. The van der Waals surface area contributed by atoms with Crippen molar-refractivity contribution in [3.63, 3.8) is 0 Å². The quantitative estimate of drug-likeness (QED) is 0.551. The van der Waals surface area contributed by atoms with Gasteiger partial charge in [-0.25, -0.2) is 14.8 Å². The second kappa shape index (κ2) is 9.47. The van der Waals surface area contributed by atoms with Gasteiger partial charge in [-0.1, -0.05) is 12.1 Å². The van der Waals surface area contributed by atoms with Crippen molar-refractivity contribution < 1.29 is 19.1 Å². The zero-order valence-electron chi connectivity index (χ0n) is 15.0. The van der Waals surface area contributed by atoms with Gasteiger partial charge in [0.15, 0.2) is 0 Å². The van der Waals surface area contributed by atoms with E-state index in [4.69, 9.17) is 9.47 Å². The molecule has 0 spiro atoms. The number of nitrogens with one attached hydrogen (secondary N) is 2. The van der Waals surface area contributed by atoms with E-state index in [0.29, 0.717) is 30.5 Å². The third kappa shape index (κ3) is 5.25. The highest BCUT2D eigenvalue weighted by molar-refractivity contribution is 6.07. The smallest absolute Gasteiger partial charge is 0.340 e. The number of amides is 1. The molecule has 0 fully saturated rings. The fourth-order valence-electron chi connectivity index (χ4n) is 2.22.